The van der Waals surface area contributed by atoms with Crippen LogP contribution in [0.5, 0.6) is 0 Å². The van der Waals surface area contributed by atoms with E-state index in [1.54, 1.807) is 11.8 Å². The molecular weight excluding hydrogens is 261 g/mol. The van der Waals surface area contributed by atoms with E-state index in [-0.39, 0.29) is 25.8 Å². The summed E-state index contributed by atoms with van der Waals surface area (Å²) in [6.45, 7) is 1.03. The minimum atomic E-state index is 0. The summed E-state index contributed by atoms with van der Waals surface area (Å²) < 4.78 is 0. The van der Waals surface area contributed by atoms with Crippen LogP contribution in [-0.2, 0) is 25.8 Å². The second kappa shape index (κ2) is 4.06. The Labute approximate surface area is 60.4 Å². The number of thioether (sulfide) groups is 1. The average Bonchev–Trinajstić information content (AvgIpc) is 1.76. The molecule has 32 valence electrons. The van der Waals surface area contributed by atoms with Crippen LogP contribution < -0.4 is 0 Å². The van der Waals surface area contributed by atoms with Crippen molar-refractivity contribution in [3.05, 3.63) is 0 Å². The quantitative estimate of drug-likeness (QED) is 0.589. The minimum Gasteiger partial charge on any atom is -0.285 e. The van der Waals surface area contributed by atoms with E-state index in [2.05, 4.69) is 4.99 Å². The summed E-state index contributed by atoms with van der Waals surface area (Å²) in [6, 6.07) is 0. The zero-order valence-corrected chi connectivity index (χ0v) is 7.76. The van der Waals surface area contributed by atoms with E-state index in [1.807, 2.05) is 5.55 Å². The van der Waals surface area contributed by atoms with Crippen LogP contribution in [0.15, 0.2) is 4.99 Å². The molecule has 0 bridgehead atoms. The van der Waals surface area contributed by atoms with Gasteiger partial charge < -0.3 is 0 Å². The maximum Gasteiger partial charge on any atom is 0.0542 e. The van der Waals surface area contributed by atoms with Crippen LogP contribution in [0, 0.1) is 0 Å². The third kappa shape index (κ3) is 2.13. The molecule has 0 spiro atoms. The van der Waals surface area contributed by atoms with Gasteiger partial charge in [-0.1, -0.05) is 0 Å². The maximum atomic E-state index is 3.92. The first-order valence-corrected chi connectivity index (χ1v) is 2.65. The predicted molar refractivity (Wildman–Crippen MR) is 25.8 cm³/mol. The normalized spacial score (nSPS) is 17.3. The van der Waals surface area contributed by atoms with E-state index in [0.29, 0.717) is 0 Å². The molecule has 1 aliphatic rings. The van der Waals surface area contributed by atoms with Crippen LogP contribution in [0.2, 0.25) is 0 Å². The Hall–Kier alpha value is 0.890. The summed E-state index contributed by atoms with van der Waals surface area (Å²) in [5.74, 6) is 1.19. The van der Waals surface area contributed by atoms with Gasteiger partial charge in [-0.3, -0.25) is 4.99 Å². The molecule has 0 radical (unpaired) electrons. The van der Waals surface area contributed by atoms with Crippen LogP contribution >= 0.6 is 11.8 Å². The molecule has 1 rings (SSSR count). The van der Waals surface area contributed by atoms with Gasteiger partial charge in [-0.25, -0.2) is 0 Å². The Morgan fingerprint density at radius 2 is 2.50 bits per heavy atom. The van der Waals surface area contributed by atoms with Gasteiger partial charge in [0, 0.05) is 38.1 Å². The van der Waals surface area contributed by atoms with Crippen LogP contribution in [0.1, 0.15) is 0 Å². The van der Waals surface area contributed by atoms with E-state index in [9.17, 15) is 0 Å². The van der Waals surface area contributed by atoms with Crippen molar-refractivity contribution in [1.29, 1.82) is 0 Å². The molecule has 0 aromatic rings. The summed E-state index contributed by atoms with van der Waals surface area (Å²) in [7, 11) is 0. The molecule has 1 heterocycles. The van der Waals surface area contributed by atoms with E-state index < -0.39 is 0 Å². The Kier molecular flexibility index (Phi) is 4.66. The number of nitrogens with zero attached hydrogens (tertiary/aromatic N) is 1. The third-order valence-electron chi connectivity index (χ3n) is 0.487. The van der Waals surface area contributed by atoms with Crippen LogP contribution in [-0.4, -0.2) is 17.8 Å². The molecule has 0 fully saturated rings. The van der Waals surface area contributed by atoms with Gasteiger partial charge >= 0.3 is 0 Å². The van der Waals surface area contributed by atoms with E-state index in [0.717, 1.165) is 6.54 Å². The monoisotopic (exact) mass is 267 g/mol. The second-order valence-corrected chi connectivity index (χ2v) is 1.83. The molecular formula is C3H5HfNS. The van der Waals surface area contributed by atoms with Crippen LogP contribution in [0.25, 0.3) is 0 Å². The number of hydrogen-bond acceptors (Lipinski definition) is 2. The maximum absolute atomic E-state index is 3.92. The van der Waals surface area contributed by atoms with Crippen molar-refractivity contribution in [3.63, 3.8) is 0 Å². The first-order valence-electron chi connectivity index (χ1n) is 1.60. The predicted octanol–water partition coefficient (Wildman–Crippen LogP) is 0.759. The first kappa shape index (κ1) is 6.89. The molecule has 0 atom stereocenters. The standard InChI is InChI=1S/C3H5NS.Hf/c1-2-5-3-4-1;/h3H,1-2H2;. The van der Waals surface area contributed by atoms with Crippen molar-refractivity contribution in [2.24, 2.45) is 4.99 Å². The summed E-state index contributed by atoms with van der Waals surface area (Å²) in [4.78, 5) is 3.92. The zero-order valence-electron chi connectivity index (χ0n) is 3.35. The number of rotatable bonds is 0. The third-order valence-corrected chi connectivity index (χ3v) is 1.20. The smallest absolute Gasteiger partial charge is 0.0542 e. The van der Waals surface area contributed by atoms with Crippen molar-refractivity contribution >= 4 is 17.3 Å². The van der Waals surface area contributed by atoms with Gasteiger partial charge in [0.2, 0.25) is 0 Å². The summed E-state index contributed by atoms with van der Waals surface area (Å²) in [5.41, 5.74) is 1.90. The molecule has 0 aliphatic carbocycles. The largest absolute Gasteiger partial charge is 0.285 e. The van der Waals surface area contributed by atoms with E-state index in [1.165, 1.54) is 5.75 Å². The summed E-state index contributed by atoms with van der Waals surface area (Å²) in [5, 5.41) is 0. The zero-order chi connectivity index (χ0) is 3.54. The summed E-state index contributed by atoms with van der Waals surface area (Å²) in [6.07, 6.45) is 0. The molecule has 0 aromatic heterocycles. The molecule has 6 heavy (non-hydrogen) atoms. The van der Waals surface area contributed by atoms with Crippen molar-refractivity contribution < 1.29 is 25.8 Å². The number of aliphatic imine (C=N–C) groups is 1. The van der Waals surface area contributed by atoms with Gasteiger partial charge in [0.05, 0.1) is 5.55 Å². The number of hydrogen-bond donors (Lipinski definition) is 0. The molecule has 0 amide bonds. The van der Waals surface area contributed by atoms with Gasteiger partial charge in [-0.2, -0.15) is 0 Å². The molecule has 0 saturated carbocycles. The Morgan fingerprint density at radius 1 is 1.67 bits per heavy atom. The van der Waals surface area contributed by atoms with Crippen molar-refractivity contribution in [2.45, 2.75) is 0 Å². The van der Waals surface area contributed by atoms with Gasteiger partial charge in [0.15, 0.2) is 0 Å². The van der Waals surface area contributed by atoms with Gasteiger partial charge in [0.1, 0.15) is 0 Å². The Bertz CT molecular complexity index is 48.8. The second-order valence-electron chi connectivity index (χ2n) is 0.882. The molecule has 3 heteroatoms. The molecule has 0 unspecified atom stereocenters. The molecule has 0 N–H and O–H groups in total. The van der Waals surface area contributed by atoms with Crippen molar-refractivity contribution in [3.8, 4) is 0 Å². The van der Waals surface area contributed by atoms with Crippen molar-refractivity contribution in [1.82, 2.24) is 0 Å². The fourth-order valence-electron chi connectivity index (χ4n) is 0.264. The van der Waals surface area contributed by atoms with Gasteiger partial charge in [0.25, 0.3) is 0 Å². The van der Waals surface area contributed by atoms with Gasteiger partial charge in [-0.15, -0.1) is 11.8 Å². The summed E-state index contributed by atoms with van der Waals surface area (Å²) >= 11 is 1.78. The topological polar surface area (TPSA) is 12.4 Å². The Morgan fingerprint density at radius 3 is 2.67 bits per heavy atom. The fourth-order valence-corrected chi connectivity index (χ4v) is 0.791. The fraction of sp³-hybridized carbons (Fsp3) is 0.667. The molecule has 0 saturated heterocycles. The van der Waals surface area contributed by atoms with Gasteiger partial charge in [-0.05, 0) is 0 Å². The minimum absolute atomic E-state index is 0. The molecule has 1 aliphatic heterocycles. The van der Waals surface area contributed by atoms with E-state index >= 15 is 0 Å². The van der Waals surface area contributed by atoms with Crippen LogP contribution in [0.4, 0.5) is 0 Å². The SMILES string of the molecule is C1=NCCS1.[Hf]. The Balaban J connectivity index is 0.000000250. The van der Waals surface area contributed by atoms with Crippen LogP contribution in [0.3, 0.4) is 0 Å². The first-order chi connectivity index (χ1) is 2.50. The van der Waals surface area contributed by atoms with Crippen molar-refractivity contribution in [2.75, 3.05) is 12.3 Å². The average molecular weight is 266 g/mol. The molecule has 1 nitrogen and oxygen atoms in total. The molecule has 0 aromatic carbocycles. The van der Waals surface area contributed by atoms with E-state index in [4.69, 9.17) is 0 Å².